The van der Waals surface area contributed by atoms with Crippen LogP contribution in [0.4, 0.5) is 5.82 Å². The standard InChI is InChI=1S/C26H28ClN7/c1-15-12-19-20(30-14-15)13-26(24(19)28)6-10-33(11-7-26)25-21-5-9-31-34(21)23(17(3)32-25)18-4-8-29-16(2)22(18)27/h4-5,8-9,12,14,24H,6-7,10-11,13,28H2,1-3H3/t24-/m1/s1. The molecule has 0 unspecified atom stereocenters. The van der Waals surface area contributed by atoms with Crippen molar-refractivity contribution >= 4 is 22.9 Å². The molecule has 1 spiro atoms. The van der Waals surface area contributed by atoms with Crippen LogP contribution < -0.4 is 10.6 Å². The maximum atomic E-state index is 6.81. The van der Waals surface area contributed by atoms with Crippen molar-refractivity contribution in [3.05, 3.63) is 70.0 Å². The molecule has 174 valence electrons. The van der Waals surface area contributed by atoms with Crippen molar-refractivity contribution in [1.29, 1.82) is 0 Å². The van der Waals surface area contributed by atoms with Crippen molar-refractivity contribution in [1.82, 2.24) is 24.6 Å². The normalized spacial score (nSPS) is 19.2. The van der Waals surface area contributed by atoms with Crippen LogP contribution in [0.15, 0.2) is 36.8 Å². The Bertz CT molecular complexity index is 1420. The Morgan fingerprint density at radius 1 is 1.06 bits per heavy atom. The highest BCUT2D eigenvalue weighted by Crippen LogP contribution is 2.50. The summed E-state index contributed by atoms with van der Waals surface area (Å²) >= 11 is 6.63. The van der Waals surface area contributed by atoms with Crippen LogP contribution >= 0.6 is 11.6 Å². The molecule has 5 heterocycles. The van der Waals surface area contributed by atoms with Gasteiger partial charge in [-0.25, -0.2) is 9.50 Å². The second kappa shape index (κ2) is 7.75. The summed E-state index contributed by atoms with van der Waals surface area (Å²) < 4.78 is 1.96. The first-order chi connectivity index (χ1) is 16.4. The summed E-state index contributed by atoms with van der Waals surface area (Å²) in [6.45, 7) is 7.83. The number of aromatic nitrogens is 5. The fourth-order valence-corrected chi connectivity index (χ4v) is 6.01. The minimum Gasteiger partial charge on any atom is -0.355 e. The Kier molecular flexibility index (Phi) is 4.90. The summed E-state index contributed by atoms with van der Waals surface area (Å²) in [7, 11) is 0. The number of fused-ring (bicyclic) bond motifs is 2. The average Bonchev–Trinajstić information content (AvgIpc) is 3.40. The van der Waals surface area contributed by atoms with E-state index < -0.39 is 0 Å². The van der Waals surface area contributed by atoms with Crippen LogP contribution in [0.1, 0.15) is 47.1 Å². The number of halogens is 1. The molecule has 4 aromatic heterocycles. The molecule has 1 aliphatic carbocycles. The quantitative estimate of drug-likeness (QED) is 0.457. The van der Waals surface area contributed by atoms with Crippen LogP contribution in [0.3, 0.4) is 0 Å². The zero-order valence-electron chi connectivity index (χ0n) is 19.7. The lowest BCUT2D eigenvalue weighted by atomic mass is 9.73. The van der Waals surface area contributed by atoms with Crippen LogP contribution in [-0.4, -0.2) is 37.7 Å². The Morgan fingerprint density at radius 3 is 2.65 bits per heavy atom. The van der Waals surface area contributed by atoms with Crippen molar-refractivity contribution in [3.8, 4) is 11.3 Å². The van der Waals surface area contributed by atoms with Gasteiger partial charge in [0.15, 0.2) is 5.82 Å². The molecule has 1 atom stereocenters. The monoisotopic (exact) mass is 473 g/mol. The maximum Gasteiger partial charge on any atom is 0.155 e. The van der Waals surface area contributed by atoms with E-state index in [4.69, 9.17) is 27.3 Å². The molecule has 6 rings (SSSR count). The van der Waals surface area contributed by atoms with E-state index in [0.717, 1.165) is 66.3 Å². The van der Waals surface area contributed by atoms with E-state index >= 15 is 0 Å². The molecule has 0 aromatic carbocycles. The highest BCUT2D eigenvalue weighted by molar-refractivity contribution is 6.33. The maximum absolute atomic E-state index is 6.81. The molecule has 0 saturated carbocycles. The fourth-order valence-electron chi connectivity index (χ4n) is 5.81. The van der Waals surface area contributed by atoms with Gasteiger partial charge >= 0.3 is 0 Å². The predicted octanol–water partition coefficient (Wildman–Crippen LogP) is 4.61. The smallest absolute Gasteiger partial charge is 0.155 e. The number of pyridine rings is 2. The van der Waals surface area contributed by atoms with Crippen molar-refractivity contribution in [2.75, 3.05) is 18.0 Å². The van der Waals surface area contributed by atoms with E-state index in [-0.39, 0.29) is 11.5 Å². The van der Waals surface area contributed by atoms with Gasteiger partial charge in [0.05, 0.1) is 28.3 Å². The fraction of sp³-hybridized carbons (Fsp3) is 0.385. The van der Waals surface area contributed by atoms with Gasteiger partial charge in [-0.05, 0) is 68.7 Å². The van der Waals surface area contributed by atoms with Crippen LogP contribution in [-0.2, 0) is 6.42 Å². The van der Waals surface area contributed by atoms with E-state index in [2.05, 4.69) is 28.0 Å². The molecular weight excluding hydrogens is 446 g/mol. The molecule has 2 N–H and O–H groups in total. The number of piperidine rings is 1. The highest BCUT2D eigenvalue weighted by Gasteiger charge is 2.47. The molecule has 1 saturated heterocycles. The van der Waals surface area contributed by atoms with Gasteiger partial charge in [-0.2, -0.15) is 5.10 Å². The van der Waals surface area contributed by atoms with E-state index in [1.807, 2.05) is 42.9 Å². The van der Waals surface area contributed by atoms with Gasteiger partial charge in [-0.3, -0.25) is 9.97 Å². The molecule has 34 heavy (non-hydrogen) atoms. The molecule has 2 aliphatic rings. The number of nitrogens with two attached hydrogens (primary N) is 1. The minimum absolute atomic E-state index is 0.0428. The molecular formula is C26H28ClN7. The van der Waals surface area contributed by atoms with Gasteiger partial charge in [0.25, 0.3) is 0 Å². The summed E-state index contributed by atoms with van der Waals surface area (Å²) in [5.74, 6) is 0.966. The first kappa shape index (κ1) is 21.5. The van der Waals surface area contributed by atoms with Crippen LogP contribution in [0.2, 0.25) is 5.02 Å². The first-order valence-electron chi connectivity index (χ1n) is 11.8. The molecule has 7 nitrogen and oxygen atoms in total. The number of nitrogens with zero attached hydrogens (tertiary/aromatic N) is 6. The Labute approximate surface area is 204 Å². The predicted molar refractivity (Wildman–Crippen MR) is 134 cm³/mol. The van der Waals surface area contributed by atoms with Crippen molar-refractivity contribution in [2.24, 2.45) is 11.1 Å². The van der Waals surface area contributed by atoms with Gasteiger partial charge in [0.2, 0.25) is 0 Å². The number of hydrogen-bond donors (Lipinski definition) is 1. The lowest BCUT2D eigenvalue weighted by molar-refractivity contribution is 0.187. The lowest BCUT2D eigenvalue weighted by Crippen LogP contribution is -2.44. The number of anilines is 1. The second-order valence-electron chi connectivity index (χ2n) is 9.81. The van der Waals surface area contributed by atoms with Crippen molar-refractivity contribution in [3.63, 3.8) is 0 Å². The van der Waals surface area contributed by atoms with Crippen molar-refractivity contribution in [2.45, 2.75) is 46.1 Å². The second-order valence-corrected chi connectivity index (χ2v) is 10.2. The summed E-state index contributed by atoms with van der Waals surface area (Å²) in [6.07, 6.45) is 8.56. The third-order valence-electron chi connectivity index (χ3n) is 7.73. The van der Waals surface area contributed by atoms with Crippen molar-refractivity contribution < 1.29 is 0 Å². The lowest BCUT2D eigenvalue weighted by Gasteiger charge is -2.42. The minimum atomic E-state index is 0.0428. The van der Waals surface area contributed by atoms with Gasteiger partial charge in [-0.15, -0.1) is 0 Å². The third-order valence-corrected chi connectivity index (χ3v) is 8.21. The molecule has 8 heteroatoms. The summed E-state index contributed by atoms with van der Waals surface area (Å²) in [5, 5.41) is 5.28. The topological polar surface area (TPSA) is 85.2 Å². The van der Waals surface area contributed by atoms with Gasteiger partial charge in [0.1, 0.15) is 5.52 Å². The molecule has 1 fully saturated rings. The third kappa shape index (κ3) is 3.14. The SMILES string of the molecule is Cc1cnc2c(c1)[C@@H](N)C1(CCN(c3nc(C)c(-c4ccnc(C)c4Cl)n4nccc34)CC1)C2. The van der Waals surface area contributed by atoms with E-state index in [0.29, 0.717) is 5.02 Å². The van der Waals surface area contributed by atoms with Crippen LogP contribution in [0.25, 0.3) is 16.8 Å². The number of rotatable bonds is 2. The van der Waals surface area contributed by atoms with Crippen LogP contribution in [0.5, 0.6) is 0 Å². The largest absolute Gasteiger partial charge is 0.355 e. The van der Waals surface area contributed by atoms with Gasteiger partial charge in [0, 0.05) is 42.8 Å². The molecule has 0 amide bonds. The highest BCUT2D eigenvalue weighted by atomic mass is 35.5. The first-order valence-corrected chi connectivity index (χ1v) is 12.2. The Balaban J connectivity index is 1.33. The number of hydrogen-bond acceptors (Lipinski definition) is 6. The van der Waals surface area contributed by atoms with E-state index in [1.54, 1.807) is 6.20 Å². The van der Waals surface area contributed by atoms with E-state index in [1.165, 1.54) is 16.8 Å². The molecule has 4 aromatic rings. The Hall–Kier alpha value is -3.03. The van der Waals surface area contributed by atoms with E-state index in [9.17, 15) is 0 Å². The molecule has 1 aliphatic heterocycles. The molecule has 0 bridgehead atoms. The summed E-state index contributed by atoms with van der Waals surface area (Å²) in [4.78, 5) is 16.5. The zero-order chi connectivity index (χ0) is 23.6. The van der Waals surface area contributed by atoms with Gasteiger partial charge in [-0.1, -0.05) is 17.7 Å². The molecule has 0 radical (unpaired) electrons. The average molecular weight is 474 g/mol. The number of aryl methyl sites for hydroxylation is 3. The van der Waals surface area contributed by atoms with Gasteiger partial charge < -0.3 is 10.6 Å². The Morgan fingerprint density at radius 2 is 1.85 bits per heavy atom. The summed E-state index contributed by atoms with van der Waals surface area (Å²) in [6, 6.07) is 6.22. The zero-order valence-corrected chi connectivity index (χ0v) is 20.5. The summed E-state index contributed by atoms with van der Waals surface area (Å²) in [5.41, 5.74) is 14.9. The van der Waals surface area contributed by atoms with Crippen LogP contribution in [0, 0.1) is 26.2 Å².